The van der Waals surface area contributed by atoms with Gasteiger partial charge in [-0.1, -0.05) is 13.8 Å². The first-order valence-electron chi connectivity index (χ1n) is 7.53. The Bertz CT molecular complexity index is 834. The van der Waals surface area contributed by atoms with Crippen LogP contribution in [0.2, 0.25) is 0 Å². The van der Waals surface area contributed by atoms with Crippen LogP contribution in [-0.4, -0.2) is 19.1 Å². The molecule has 0 atom stereocenters. The van der Waals surface area contributed by atoms with Gasteiger partial charge in [0.1, 0.15) is 11.2 Å². The van der Waals surface area contributed by atoms with E-state index in [1.165, 1.54) is 5.56 Å². The summed E-state index contributed by atoms with van der Waals surface area (Å²) >= 11 is 0. The minimum Gasteiger partial charge on any atom is -0.453 e. The van der Waals surface area contributed by atoms with Crippen LogP contribution in [0.25, 0.3) is 22.6 Å². The number of nitrogens with zero attached hydrogens (tertiary/aromatic N) is 2. The molecule has 0 fully saturated rings. The van der Waals surface area contributed by atoms with Crippen LogP contribution in [0.5, 0.6) is 0 Å². The number of aryl methyl sites for hydroxylation is 2. The molecule has 0 unspecified atom stereocenters. The van der Waals surface area contributed by atoms with Crippen molar-refractivity contribution in [3.05, 3.63) is 40.7 Å². The van der Waals surface area contributed by atoms with Crippen molar-refractivity contribution in [2.45, 2.75) is 27.7 Å². The van der Waals surface area contributed by atoms with Crippen molar-refractivity contribution in [3.8, 4) is 11.5 Å². The number of anilines is 1. The van der Waals surface area contributed by atoms with Crippen molar-refractivity contribution in [1.82, 2.24) is 4.98 Å². The zero-order valence-corrected chi connectivity index (χ0v) is 14.1. The highest BCUT2D eigenvalue weighted by molar-refractivity contribution is 5.81. The lowest BCUT2D eigenvalue weighted by Gasteiger charge is -2.16. The Morgan fingerprint density at radius 2 is 1.68 bits per heavy atom. The molecule has 0 saturated carbocycles. The molecule has 1 heterocycles. The fourth-order valence-corrected chi connectivity index (χ4v) is 2.40. The van der Waals surface area contributed by atoms with E-state index in [0.29, 0.717) is 11.1 Å². The van der Waals surface area contributed by atoms with Gasteiger partial charge in [-0.05, 0) is 37.1 Å². The largest absolute Gasteiger partial charge is 0.453 e. The van der Waals surface area contributed by atoms with E-state index in [-0.39, 0.29) is 0 Å². The van der Waals surface area contributed by atoms with E-state index in [1.54, 1.807) is 6.07 Å². The third-order valence-electron chi connectivity index (χ3n) is 3.53. The summed E-state index contributed by atoms with van der Waals surface area (Å²) in [6.45, 7) is 7.98. The van der Waals surface area contributed by atoms with Crippen LogP contribution < -0.4 is 10.3 Å². The number of benzene rings is 2. The Labute approximate surface area is 131 Å². The van der Waals surface area contributed by atoms with Gasteiger partial charge in [0, 0.05) is 31.9 Å². The summed E-state index contributed by atoms with van der Waals surface area (Å²) in [6.07, 6.45) is 0. The van der Waals surface area contributed by atoms with Crippen LogP contribution in [0, 0.1) is 19.3 Å². The summed E-state index contributed by atoms with van der Waals surface area (Å²) in [4.78, 5) is 6.70. The van der Waals surface area contributed by atoms with Crippen LogP contribution in [0.15, 0.2) is 28.7 Å². The number of fused-ring (bicyclic) bond motifs is 2. The Balaban J connectivity index is 0.000000847. The molecular formula is C18H23N3O. The molecule has 1 aliphatic carbocycles. The molecule has 4 nitrogen and oxygen atoms in total. The van der Waals surface area contributed by atoms with Crippen molar-refractivity contribution in [2.75, 3.05) is 19.0 Å². The third-order valence-corrected chi connectivity index (χ3v) is 3.53. The van der Waals surface area contributed by atoms with Crippen molar-refractivity contribution < 1.29 is 4.42 Å². The molecule has 0 bridgehead atoms. The predicted molar refractivity (Wildman–Crippen MR) is 91.6 cm³/mol. The molecule has 1 aromatic rings. The molecule has 0 radical (unpaired) electrons. The van der Waals surface area contributed by atoms with E-state index in [4.69, 9.17) is 9.83 Å². The van der Waals surface area contributed by atoms with Gasteiger partial charge >= 0.3 is 0 Å². The highest BCUT2D eigenvalue weighted by atomic mass is 16.3. The van der Waals surface area contributed by atoms with E-state index >= 15 is 0 Å². The monoisotopic (exact) mass is 297 g/mol. The van der Waals surface area contributed by atoms with Gasteiger partial charge in [-0.25, -0.2) is 4.98 Å². The first-order valence-corrected chi connectivity index (χ1v) is 7.53. The van der Waals surface area contributed by atoms with Gasteiger partial charge in [0.05, 0.1) is 5.36 Å². The number of hydrogen-bond acceptors (Lipinski definition) is 4. The Morgan fingerprint density at radius 1 is 1.00 bits per heavy atom. The average molecular weight is 297 g/mol. The molecule has 0 aromatic heterocycles. The van der Waals surface area contributed by atoms with E-state index in [1.807, 2.05) is 53.1 Å². The number of hydrogen-bond donors (Lipinski definition) is 1. The van der Waals surface area contributed by atoms with Gasteiger partial charge in [-0.3, -0.25) is 0 Å². The summed E-state index contributed by atoms with van der Waals surface area (Å²) in [5.74, 6) is 0.654. The van der Waals surface area contributed by atoms with Gasteiger partial charge in [-0.2, -0.15) is 0 Å². The standard InChI is InChI=1S/C16H17N3O.C2H6/c1-9-5-12-15(7-11(9)17)20-16-8-14(19(3)4)10(2)6-13(16)18-12;1-2/h5-8,17H,1-4H3;1-2H3. The van der Waals surface area contributed by atoms with Crippen LogP contribution in [0.1, 0.15) is 25.0 Å². The minimum absolute atomic E-state index is 0.474. The molecule has 0 saturated heterocycles. The Morgan fingerprint density at radius 3 is 2.32 bits per heavy atom. The highest BCUT2D eigenvalue weighted by Gasteiger charge is 2.12. The fourth-order valence-electron chi connectivity index (χ4n) is 2.40. The van der Waals surface area contributed by atoms with Crippen LogP contribution in [0.3, 0.4) is 0 Å². The normalized spacial score (nSPS) is 10.5. The van der Waals surface area contributed by atoms with E-state index < -0.39 is 0 Å². The SMILES string of the molecule is CC.Cc1cc2nc3cc(C)c(=N)cc-3oc2cc1N(C)C. The average Bonchev–Trinajstić information content (AvgIpc) is 2.48. The van der Waals surface area contributed by atoms with Gasteiger partial charge in [0.2, 0.25) is 0 Å². The molecule has 22 heavy (non-hydrogen) atoms. The molecule has 0 spiro atoms. The zero-order chi connectivity index (χ0) is 16.4. The number of rotatable bonds is 1. The quantitative estimate of drug-likeness (QED) is 0.687. The first kappa shape index (κ1) is 16.0. The summed E-state index contributed by atoms with van der Waals surface area (Å²) in [5.41, 5.74) is 5.57. The number of nitrogens with one attached hydrogen (secondary N) is 1. The van der Waals surface area contributed by atoms with Gasteiger partial charge in [0.25, 0.3) is 0 Å². The topological polar surface area (TPSA) is 53.1 Å². The zero-order valence-electron chi connectivity index (χ0n) is 14.1. The number of aromatic nitrogens is 1. The summed E-state index contributed by atoms with van der Waals surface area (Å²) in [6, 6.07) is 7.67. The second kappa shape index (κ2) is 6.18. The molecule has 1 N–H and O–H groups in total. The molecule has 0 amide bonds. The lowest BCUT2D eigenvalue weighted by molar-refractivity contribution is 0.611. The summed E-state index contributed by atoms with van der Waals surface area (Å²) in [7, 11) is 4.02. The molecule has 1 aliphatic heterocycles. The predicted octanol–water partition coefficient (Wildman–Crippen LogP) is 4.12. The van der Waals surface area contributed by atoms with Gasteiger partial charge < -0.3 is 14.7 Å². The third kappa shape index (κ3) is 2.82. The first-order chi connectivity index (χ1) is 10.5. The highest BCUT2D eigenvalue weighted by Crippen LogP contribution is 2.29. The molecule has 3 rings (SSSR count). The van der Waals surface area contributed by atoms with Crippen molar-refractivity contribution in [2.24, 2.45) is 0 Å². The van der Waals surface area contributed by atoms with Crippen molar-refractivity contribution in [1.29, 1.82) is 5.41 Å². The fraction of sp³-hybridized carbons (Fsp3) is 0.333. The maximum absolute atomic E-state index is 7.86. The van der Waals surface area contributed by atoms with E-state index in [2.05, 4.69) is 16.8 Å². The van der Waals surface area contributed by atoms with Crippen LogP contribution in [-0.2, 0) is 0 Å². The van der Waals surface area contributed by atoms with Crippen LogP contribution in [0.4, 0.5) is 5.69 Å². The molecular weight excluding hydrogens is 274 g/mol. The van der Waals surface area contributed by atoms with Gasteiger partial charge in [0.15, 0.2) is 11.3 Å². The Hall–Kier alpha value is -2.36. The molecule has 2 aliphatic rings. The summed E-state index contributed by atoms with van der Waals surface area (Å²) < 4.78 is 5.92. The second-order valence-corrected chi connectivity index (χ2v) is 5.35. The lowest BCUT2D eigenvalue weighted by Crippen LogP contribution is -2.10. The maximum atomic E-state index is 7.86. The van der Waals surface area contributed by atoms with Crippen molar-refractivity contribution >= 4 is 16.8 Å². The minimum atomic E-state index is 0.474. The summed E-state index contributed by atoms with van der Waals surface area (Å²) in [5, 5.41) is 8.33. The van der Waals surface area contributed by atoms with E-state index in [9.17, 15) is 0 Å². The molecule has 4 heteroatoms. The maximum Gasteiger partial charge on any atom is 0.155 e. The van der Waals surface area contributed by atoms with Crippen LogP contribution >= 0.6 is 0 Å². The van der Waals surface area contributed by atoms with Gasteiger partial charge in [-0.15, -0.1) is 0 Å². The molecule has 1 aromatic carbocycles. The van der Waals surface area contributed by atoms with Crippen molar-refractivity contribution in [3.63, 3.8) is 0 Å². The van der Waals surface area contributed by atoms with E-state index in [0.717, 1.165) is 28.0 Å². The molecule has 116 valence electrons. The Kier molecular flexibility index (Phi) is 4.50. The smallest absolute Gasteiger partial charge is 0.155 e. The lowest BCUT2D eigenvalue weighted by atomic mass is 10.1. The second-order valence-electron chi connectivity index (χ2n) is 5.35.